The van der Waals surface area contributed by atoms with Gasteiger partial charge in [0.05, 0.1) is 34.5 Å². The predicted octanol–water partition coefficient (Wildman–Crippen LogP) is 6.82. The van der Waals surface area contributed by atoms with Crippen molar-refractivity contribution in [2.45, 2.75) is 123 Å². The van der Waals surface area contributed by atoms with Gasteiger partial charge in [-0.2, -0.15) is 12.9 Å². The molecule has 0 atom stereocenters. The third-order valence-corrected chi connectivity index (χ3v) is 22.3. The van der Waals surface area contributed by atoms with Gasteiger partial charge in [-0.1, -0.05) is 65.6 Å². The average molecular weight is 1050 g/mol. The Hall–Kier alpha value is -3.11. The number of sulfonamides is 3. The standard InChI is InChI=1S/C19H28N2O3S.C18H26N2O3S.C17H24N2O3S/c1-16-5-7-18(8-6-16)25(22,23)21-13-14-24-19(21)9-11-20(12-10-19)15-17-3-2-4-17;1-15-2-6-17(7-3-15)24(21,22)20-12-13-23-18(20)8-10-19(11-9-18)14-16-4-5-16;1-3-10-18-11-8-17(9-12-18)19(13-14-22-17)23(20,21)16-6-4-15(2)5-7-16/h5-8,17H,2-4,9-15H2,1H3;2-3,6-7,16H,4-5,8-14H2,1H3;3-7H,1,8-14H2,2H3. The van der Waals surface area contributed by atoms with Crippen molar-refractivity contribution in [1.82, 2.24) is 27.6 Å². The molecule has 2 aliphatic carbocycles. The molecule has 0 bridgehead atoms. The zero-order valence-corrected chi connectivity index (χ0v) is 45.3. The van der Waals surface area contributed by atoms with E-state index >= 15 is 0 Å². The Kier molecular flexibility index (Phi) is 16.6. The maximum absolute atomic E-state index is 13.2. The van der Waals surface area contributed by atoms with E-state index in [2.05, 4.69) is 21.3 Å². The first kappa shape index (κ1) is 53.7. The molecule has 0 N–H and O–H groups in total. The second kappa shape index (κ2) is 22.2. The second-order valence-corrected chi connectivity index (χ2v) is 27.1. The Morgan fingerprint density at radius 3 is 1.01 bits per heavy atom. The summed E-state index contributed by atoms with van der Waals surface area (Å²) in [5.41, 5.74) is 1.23. The van der Waals surface area contributed by atoms with Gasteiger partial charge < -0.3 is 24.0 Å². The SMILES string of the molecule is C=CCN1CCC2(CC1)OCCN2S(=O)(=O)c1ccc(C)cc1.Cc1ccc(S(=O)(=O)N2CCOC23CCN(CC2CC2)CC3)cc1.Cc1ccc(S(=O)(=O)N2CCOC23CCN(CC2CCC2)CC3)cc1. The van der Waals surface area contributed by atoms with E-state index < -0.39 is 47.2 Å². The molecule has 0 unspecified atom stereocenters. The first-order chi connectivity index (χ1) is 34.5. The van der Waals surface area contributed by atoms with Crippen LogP contribution in [0.4, 0.5) is 0 Å². The summed E-state index contributed by atoms with van der Waals surface area (Å²) < 4.78 is 101. The van der Waals surface area contributed by atoms with E-state index in [9.17, 15) is 25.3 Å². The van der Waals surface area contributed by atoms with Crippen LogP contribution in [0.5, 0.6) is 0 Å². The lowest BCUT2D eigenvalue weighted by atomic mass is 9.84. The third-order valence-electron chi connectivity index (χ3n) is 16.4. The molecule has 6 heterocycles. The van der Waals surface area contributed by atoms with Gasteiger partial charge in [-0.25, -0.2) is 25.3 Å². The molecule has 72 heavy (non-hydrogen) atoms. The van der Waals surface area contributed by atoms with Crippen molar-refractivity contribution in [1.29, 1.82) is 0 Å². The van der Waals surface area contributed by atoms with Crippen LogP contribution in [0, 0.1) is 32.6 Å². The number of benzene rings is 3. The van der Waals surface area contributed by atoms with Crippen LogP contribution in [0.2, 0.25) is 0 Å². The fraction of sp³-hybridized carbons (Fsp3) is 0.630. The number of rotatable bonds is 12. The summed E-state index contributed by atoms with van der Waals surface area (Å²) in [5, 5.41) is 0. The lowest BCUT2D eigenvalue weighted by molar-refractivity contribution is -0.0931. The maximum Gasteiger partial charge on any atom is 0.245 e. The molecule has 18 heteroatoms. The molecule has 3 spiro atoms. The molecule has 2 saturated carbocycles. The Morgan fingerprint density at radius 2 is 0.750 bits per heavy atom. The molecular formula is C54H78N6O9S3. The zero-order valence-electron chi connectivity index (χ0n) is 42.8. The number of aryl methyl sites for hydroxylation is 3. The van der Waals surface area contributed by atoms with Gasteiger partial charge in [-0.3, -0.25) is 4.90 Å². The number of piperidine rings is 3. The number of hydrogen-bond donors (Lipinski definition) is 0. The van der Waals surface area contributed by atoms with Gasteiger partial charge in [0, 0.05) is 117 Å². The fourth-order valence-corrected chi connectivity index (χ4v) is 16.8. The lowest BCUT2D eigenvalue weighted by Gasteiger charge is -2.44. The Labute approximate surface area is 430 Å². The molecule has 3 aromatic carbocycles. The number of hydrogen-bond acceptors (Lipinski definition) is 12. The molecular weight excluding hydrogens is 973 g/mol. The highest BCUT2D eigenvalue weighted by atomic mass is 32.2. The van der Waals surface area contributed by atoms with Crippen molar-refractivity contribution in [2.24, 2.45) is 11.8 Å². The highest BCUT2D eigenvalue weighted by Crippen LogP contribution is 2.42. The molecule has 0 amide bonds. The van der Waals surface area contributed by atoms with Crippen molar-refractivity contribution >= 4 is 30.1 Å². The molecule has 0 aromatic heterocycles. The van der Waals surface area contributed by atoms with Crippen LogP contribution < -0.4 is 0 Å². The first-order valence-electron chi connectivity index (χ1n) is 26.5. The largest absolute Gasteiger partial charge is 0.358 e. The smallest absolute Gasteiger partial charge is 0.245 e. The fourth-order valence-electron chi connectivity index (χ4n) is 11.6. The van der Waals surface area contributed by atoms with Crippen molar-refractivity contribution < 1.29 is 39.5 Å². The maximum atomic E-state index is 13.2. The highest BCUT2D eigenvalue weighted by Gasteiger charge is 2.53. The molecule has 396 valence electrons. The minimum absolute atomic E-state index is 0.349. The zero-order chi connectivity index (χ0) is 50.8. The summed E-state index contributed by atoms with van der Waals surface area (Å²) in [5.74, 6) is 1.72. The number of likely N-dealkylation sites (tertiary alicyclic amines) is 3. The molecule has 11 rings (SSSR count). The summed E-state index contributed by atoms with van der Waals surface area (Å²) in [6, 6.07) is 21.3. The quantitative estimate of drug-likeness (QED) is 0.175. The van der Waals surface area contributed by atoms with Gasteiger partial charge in [-0.15, -0.1) is 6.58 Å². The topological polar surface area (TPSA) is 150 Å². The molecule has 3 aromatic rings. The van der Waals surface area contributed by atoms with E-state index in [4.69, 9.17) is 14.2 Å². The van der Waals surface area contributed by atoms with Crippen LogP contribution in [-0.4, -0.2) is 168 Å². The number of ether oxygens (including phenoxy) is 3. The van der Waals surface area contributed by atoms with Gasteiger partial charge in [0.15, 0.2) is 0 Å². The van der Waals surface area contributed by atoms with Crippen LogP contribution in [0.1, 0.15) is 87.3 Å². The molecule has 15 nitrogen and oxygen atoms in total. The first-order valence-corrected chi connectivity index (χ1v) is 30.8. The van der Waals surface area contributed by atoms with Crippen LogP contribution in [0.25, 0.3) is 0 Å². The van der Waals surface area contributed by atoms with Gasteiger partial charge in [0.1, 0.15) is 17.2 Å². The minimum atomic E-state index is -3.52. The highest BCUT2D eigenvalue weighted by molar-refractivity contribution is 7.89. The molecule has 0 radical (unpaired) electrons. The summed E-state index contributed by atoms with van der Waals surface area (Å²) in [6.45, 7) is 21.0. The Bertz CT molecular complexity index is 2640. The van der Waals surface area contributed by atoms with Gasteiger partial charge in [-0.05, 0) is 94.7 Å². The number of nitrogens with zero attached hydrogens (tertiary/aromatic N) is 6. The van der Waals surface area contributed by atoms with E-state index in [-0.39, 0.29) is 0 Å². The summed E-state index contributed by atoms with van der Waals surface area (Å²) in [4.78, 5) is 8.34. The van der Waals surface area contributed by atoms with Crippen LogP contribution in [0.15, 0.2) is 100 Å². The van der Waals surface area contributed by atoms with E-state index in [1.165, 1.54) is 45.2 Å². The summed E-state index contributed by atoms with van der Waals surface area (Å²) >= 11 is 0. The van der Waals surface area contributed by atoms with Crippen molar-refractivity contribution in [3.8, 4) is 0 Å². The van der Waals surface area contributed by atoms with E-state index in [1.807, 2.05) is 63.2 Å². The van der Waals surface area contributed by atoms with Crippen LogP contribution in [-0.2, 0) is 44.3 Å². The average Bonchev–Trinajstić information content (AvgIpc) is 3.69. The summed E-state index contributed by atoms with van der Waals surface area (Å²) in [7, 11) is -10.5. The Balaban J connectivity index is 0.000000133. The van der Waals surface area contributed by atoms with Gasteiger partial charge in [0.25, 0.3) is 0 Å². The van der Waals surface area contributed by atoms with E-state index in [0.29, 0.717) is 67.0 Å². The molecule has 6 saturated heterocycles. The van der Waals surface area contributed by atoms with Crippen molar-refractivity contribution in [3.63, 3.8) is 0 Å². The monoisotopic (exact) mass is 1050 g/mol. The molecule has 8 aliphatic rings. The minimum Gasteiger partial charge on any atom is -0.358 e. The van der Waals surface area contributed by atoms with Gasteiger partial charge in [0.2, 0.25) is 30.1 Å². The normalized spacial score (nSPS) is 24.4. The van der Waals surface area contributed by atoms with E-state index in [0.717, 1.165) is 100 Å². The Morgan fingerprint density at radius 1 is 0.458 bits per heavy atom. The lowest BCUT2D eigenvalue weighted by Crippen LogP contribution is -2.55. The summed E-state index contributed by atoms with van der Waals surface area (Å²) in [6.07, 6.45) is 13.1. The van der Waals surface area contributed by atoms with Crippen molar-refractivity contribution in [3.05, 3.63) is 102 Å². The second-order valence-electron chi connectivity index (χ2n) is 21.5. The van der Waals surface area contributed by atoms with Crippen molar-refractivity contribution in [2.75, 3.05) is 98.4 Å². The van der Waals surface area contributed by atoms with Crippen LogP contribution in [0.3, 0.4) is 0 Å². The third kappa shape index (κ3) is 11.6. The van der Waals surface area contributed by atoms with Gasteiger partial charge >= 0.3 is 0 Å². The predicted molar refractivity (Wildman–Crippen MR) is 279 cm³/mol. The molecule has 6 aliphatic heterocycles. The molecule has 8 fully saturated rings. The van der Waals surface area contributed by atoms with E-state index in [1.54, 1.807) is 49.3 Å². The van der Waals surface area contributed by atoms with Crippen LogP contribution >= 0.6 is 0 Å².